The third kappa shape index (κ3) is 4.27. The van der Waals surface area contributed by atoms with Crippen LogP contribution in [0.5, 0.6) is 0 Å². The molecule has 1 unspecified atom stereocenters. The predicted molar refractivity (Wildman–Crippen MR) is 124 cm³/mol. The second-order valence-corrected chi connectivity index (χ2v) is 8.73. The Morgan fingerprint density at radius 1 is 1.21 bits per heavy atom. The summed E-state index contributed by atoms with van der Waals surface area (Å²) in [5.74, 6) is 2.69. The van der Waals surface area contributed by atoms with Gasteiger partial charge in [0.25, 0.3) is 0 Å². The molecule has 0 spiro atoms. The lowest BCUT2D eigenvalue weighted by molar-refractivity contribution is -0.140. The Balaban J connectivity index is 1.42. The standard InChI is InChI=1S/C23H30N8O2/c1-4-17(23(32)30-8-9-33-18(12-30)15-6-7-15)28-20-19-22(27-13-26-20)31(5-2)21(29-19)16-10-24-14(3)25-11-16/h10-11,13,15,17-18H,4-9,12H2,1-3H3,(H,26,27,28)/t17-,18?/m1/s1. The number of aryl methyl sites for hydroxylation is 2. The maximum atomic E-state index is 13.4. The van der Waals surface area contributed by atoms with E-state index in [-0.39, 0.29) is 18.1 Å². The average Bonchev–Trinajstić information content (AvgIpc) is 3.63. The van der Waals surface area contributed by atoms with Gasteiger partial charge in [-0.1, -0.05) is 6.92 Å². The molecule has 2 atom stereocenters. The molecule has 0 bridgehead atoms. The fourth-order valence-electron chi connectivity index (χ4n) is 4.42. The van der Waals surface area contributed by atoms with E-state index in [2.05, 4.69) is 25.3 Å². The van der Waals surface area contributed by atoms with Crippen LogP contribution in [0.1, 0.15) is 38.9 Å². The molecule has 2 fully saturated rings. The largest absolute Gasteiger partial charge is 0.374 e. The number of hydrogen-bond acceptors (Lipinski definition) is 8. The van der Waals surface area contributed by atoms with Crippen molar-refractivity contribution in [2.24, 2.45) is 5.92 Å². The molecular weight excluding hydrogens is 420 g/mol. The molecule has 3 aromatic rings. The van der Waals surface area contributed by atoms with Crippen LogP contribution in [0.4, 0.5) is 5.82 Å². The van der Waals surface area contributed by atoms with Gasteiger partial charge >= 0.3 is 0 Å². The molecule has 1 N–H and O–H groups in total. The quantitative estimate of drug-likeness (QED) is 0.584. The summed E-state index contributed by atoms with van der Waals surface area (Å²) in [6.07, 6.45) is 8.27. The maximum Gasteiger partial charge on any atom is 0.245 e. The summed E-state index contributed by atoms with van der Waals surface area (Å²) in [7, 11) is 0. The fraction of sp³-hybridized carbons (Fsp3) is 0.565. The predicted octanol–water partition coefficient (Wildman–Crippen LogP) is 2.44. The Morgan fingerprint density at radius 2 is 2.00 bits per heavy atom. The number of rotatable bonds is 7. The topological polar surface area (TPSA) is 111 Å². The number of nitrogens with zero attached hydrogens (tertiary/aromatic N) is 7. The molecule has 3 aromatic heterocycles. The number of anilines is 1. The lowest BCUT2D eigenvalue weighted by Gasteiger charge is -2.35. The van der Waals surface area contributed by atoms with Crippen molar-refractivity contribution in [3.63, 3.8) is 0 Å². The van der Waals surface area contributed by atoms with E-state index < -0.39 is 0 Å². The number of nitrogens with one attached hydrogen (secondary N) is 1. The first-order valence-corrected chi connectivity index (χ1v) is 11.8. The van der Waals surface area contributed by atoms with Crippen LogP contribution >= 0.6 is 0 Å². The van der Waals surface area contributed by atoms with Gasteiger partial charge in [0.1, 0.15) is 24.0 Å². The molecule has 0 aromatic carbocycles. The van der Waals surface area contributed by atoms with Crippen LogP contribution in [0, 0.1) is 12.8 Å². The summed E-state index contributed by atoms with van der Waals surface area (Å²) in [6, 6.07) is -0.390. The summed E-state index contributed by atoms with van der Waals surface area (Å²) in [5.41, 5.74) is 2.17. The third-order valence-electron chi connectivity index (χ3n) is 6.46. The van der Waals surface area contributed by atoms with Gasteiger partial charge in [0.05, 0.1) is 18.3 Å². The lowest BCUT2D eigenvalue weighted by Crippen LogP contribution is -2.51. The summed E-state index contributed by atoms with van der Waals surface area (Å²) < 4.78 is 7.91. The molecule has 174 valence electrons. The highest BCUT2D eigenvalue weighted by Gasteiger charge is 2.37. The van der Waals surface area contributed by atoms with Crippen LogP contribution in [0.2, 0.25) is 0 Å². The molecule has 1 saturated carbocycles. The normalized spacial score (nSPS) is 19.6. The van der Waals surface area contributed by atoms with Gasteiger partial charge in [-0.25, -0.2) is 24.9 Å². The number of carbonyl (C=O) groups is 1. The van der Waals surface area contributed by atoms with Gasteiger partial charge in [-0.15, -0.1) is 0 Å². The van der Waals surface area contributed by atoms with E-state index in [1.165, 1.54) is 19.2 Å². The number of morpholine rings is 1. The molecule has 4 heterocycles. The number of imidazole rings is 1. The molecule has 5 rings (SSSR count). The van der Waals surface area contributed by atoms with Gasteiger partial charge in [-0.2, -0.15) is 0 Å². The molecule has 10 heteroatoms. The minimum atomic E-state index is -0.390. The summed E-state index contributed by atoms with van der Waals surface area (Å²) >= 11 is 0. The molecule has 2 aliphatic rings. The first-order chi connectivity index (χ1) is 16.1. The van der Waals surface area contributed by atoms with E-state index in [4.69, 9.17) is 9.72 Å². The first-order valence-electron chi connectivity index (χ1n) is 11.8. The van der Waals surface area contributed by atoms with Crippen LogP contribution in [0.3, 0.4) is 0 Å². The average molecular weight is 451 g/mol. The highest BCUT2D eigenvalue weighted by Crippen LogP contribution is 2.36. The van der Waals surface area contributed by atoms with Gasteiger partial charge < -0.3 is 19.5 Å². The Labute approximate surface area is 192 Å². The zero-order valence-electron chi connectivity index (χ0n) is 19.4. The van der Waals surface area contributed by atoms with Crippen molar-refractivity contribution in [3.05, 3.63) is 24.5 Å². The maximum absolute atomic E-state index is 13.4. The second kappa shape index (κ2) is 9.01. The van der Waals surface area contributed by atoms with E-state index in [0.29, 0.717) is 61.4 Å². The fourth-order valence-corrected chi connectivity index (χ4v) is 4.42. The van der Waals surface area contributed by atoms with E-state index >= 15 is 0 Å². The lowest BCUT2D eigenvalue weighted by atomic mass is 10.1. The smallest absolute Gasteiger partial charge is 0.245 e. The molecule has 1 amide bonds. The van der Waals surface area contributed by atoms with Gasteiger partial charge in [0.15, 0.2) is 17.0 Å². The van der Waals surface area contributed by atoms with Crippen molar-refractivity contribution in [2.45, 2.75) is 58.7 Å². The number of fused-ring (bicyclic) bond motifs is 1. The van der Waals surface area contributed by atoms with E-state index in [1.807, 2.05) is 30.2 Å². The van der Waals surface area contributed by atoms with Crippen molar-refractivity contribution in [1.82, 2.24) is 34.4 Å². The van der Waals surface area contributed by atoms with Crippen LogP contribution in [0.15, 0.2) is 18.7 Å². The van der Waals surface area contributed by atoms with Crippen LogP contribution < -0.4 is 5.32 Å². The summed E-state index contributed by atoms with van der Waals surface area (Å²) in [5, 5.41) is 3.36. The summed E-state index contributed by atoms with van der Waals surface area (Å²) in [6.45, 7) is 8.48. The molecular formula is C23H30N8O2. The molecule has 1 aliphatic carbocycles. The van der Waals surface area contributed by atoms with Crippen molar-refractivity contribution in [1.29, 1.82) is 0 Å². The number of amides is 1. The van der Waals surface area contributed by atoms with Gasteiger partial charge in [0.2, 0.25) is 5.91 Å². The zero-order valence-corrected chi connectivity index (χ0v) is 19.4. The summed E-state index contributed by atoms with van der Waals surface area (Å²) in [4.78, 5) is 37.7. The van der Waals surface area contributed by atoms with Gasteiger partial charge in [-0.3, -0.25) is 4.79 Å². The molecule has 10 nitrogen and oxygen atoms in total. The minimum absolute atomic E-state index is 0.0836. The van der Waals surface area contributed by atoms with E-state index in [9.17, 15) is 4.79 Å². The molecule has 0 radical (unpaired) electrons. The Bertz CT molecular complexity index is 1140. The number of ether oxygens (including phenoxy) is 1. The minimum Gasteiger partial charge on any atom is -0.374 e. The van der Waals surface area contributed by atoms with E-state index in [1.54, 1.807) is 12.4 Å². The van der Waals surface area contributed by atoms with Gasteiger partial charge in [-0.05, 0) is 39.0 Å². The highest BCUT2D eigenvalue weighted by molar-refractivity contribution is 5.90. The van der Waals surface area contributed by atoms with Gasteiger partial charge in [0, 0.05) is 32.0 Å². The van der Waals surface area contributed by atoms with E-state index in [0.717, 1.165) is 11.4 Å². The van der Waals surface area contributed by atoms with Crippen LogP contribution in [-0.2, 0) is 16.1 Å². The third-order valence-corrected chi connectivity index (χ3v) is 6.46. The number of hydrogen-bond donors (Lipinski definition) is 1. The second-order valence-electron chi connectivity index (χ2n) is 8.73. The Kier molecular flexibility index (Phi) is 5.92. The molecule has 1 saturated heterocycles. The first kappa shape index (κ1) is 21.7. The SMILES string of the molecule is CC[C@@H](Nc1ncnc2c1nc(-c1cnc(C)nc1)n2CC)C(=O)N1CCOC(C2CC2)C1. The molecule has 1 aliphatic heterocycles. The Morgan fingerprint density at radius 3 is 2.70 bits per heavy atom. The number of aromatic nitrogens is 6. The highest BCUT2D eigenvalue weighted by atomic mass is 16.5. The monoisotopic (exact) mass is 450 g/mol. The number of carbonyl (C=O) groups excluding carboxylic acids is 1. The zero-order chi connectivity index (χ0) is 22.9. The van der Waals surface area contributed by atoms with Crippen molar-refractivity contribution in [2.75, 3.05) is 25.0 Å². The van der Waals surface area contributed by atoms with Crippen molar-refractivity contribution < 1.29 is 9.53 Å². The van der Waals surface area contributed by atoms with Crippen molar-refractivity contribution in [3.8, 4) is 11.4 Å². The van der Waals surface area contributed by atoms with Crippen molar-refractivity contribution >= 4 is 22.9 Å². The Hall–Kier alpha value is -3.14. The van der Waals surface area contributed by atoms with Crippen LogP contribution in [0.25, 0.3) is 22.6 Å². The van der Waals surface area contributed by atoms with Crippen LogP contribution in [-0.4, -0.2) is 72.1 Å². The molecule has 33 heavy (non-hydrogen) atoms.